The summed E-state index contributed by atoms with van der Waals surface area (Å²) in [6.45, 7) is 0. The molecule has 2 aromatic rings. The Morgan fingerprint density at radius 2 is 2.00 bits per heavy atom. The number of halogens is 3. The SMILES string of the molecule is COc1ccc2c(c1)C(Nc1ccc(Br)c(Cl)c1Cl)CC2. The van der Waals surface area contributed by atoms with E-state index in [2.05, 4.69) is 33.4 Å². The minimum absolute atomic E-state index is 0.227. The number of anilines is 1. The highest BCUT2D eigenvalue weighted by molar-refractivity contribution is 9.10. The van der Waals surface area contributed by atoms with Crippen LogP contribution in [0.15, 0.2) is 34.8 Å². The van der Waals surface area contributed by atoms with Crippen LogP contribution in [0.25, 0.3) is 0 Å². The highest BCUT2D eigenvalue weighted by Gasteiger charge is 2.24. The summed E-state index contributed by atoms with van der Waals surface area (Å²) in [6, 6.07) is 10.3. The number of hydrogen-bond acceptors (Lipinski definition) is 2. The van der Waals surface area contributed by atoms with Crippen LogP contribution in [0.1, 0.15) is 23.6 Å². The Morgan fingerprint density at radius 3 is 2.76 bits per heavy atom. The summed E-state index contributed by atoms with van der Waals surface area (Å²) in [6.07, 6.45) is 2.09. The Hall–Kier alpha value is -0.900. The van der Waals surface area contributed by atoms with E-state index in [0.29, 0.717) is 10.0 Å². The molecule has 0 aromatic heterocycles. The van der Waals surface area contributed by atoms with Crippen molar-refractivity contribution in [1.82, 2.24) is 0 Å². The van der Waals surface area contributed by atoms with E-state index in [1.54, 1.807) is 7.11 Å². The molecule has 1 aliphatic carbocycles. The van der Waals surface area contributed by atoms with E-state index >= 15 is 0 Å². The van der Waals surface area contributed by atoms with E-state index in [1.165, 1.54) is 11.1 Å². The highest BCUT2D eigenvalue weighted by atomic mass is 79.9. The monoisotopic (exact) mass is 385 g/mol. The fourth-order valence-electron chi connectivity index (χ4n) is 2.68. The van der Waals surface area contributed by atoms with E-state index in [9.17, 15) is 0 Å². The molecule has 1 unspecified atom stereocenters. The molecule has 1 N–H and O–H groups in total. The van der Waals surface area contributed by atoms with E-state index in [0.717, 1.165) is 28.8 Å². The maximum absolute atomic E-state index is 6.31. The Bertz CT molecular complexity index is 690. The fraction of sp³-hybridized carbons (Fsp3) is 0.250. The normalized spacial score (nSPS) is 16.7. The lowest BCUT2D eigenvalue weighted by Gasteiger charge is -2.18. The molecular formula is C16H14BrCl2NO. The van der Waals surface area contributed by atoms with E-state index in [1.807, 2.05) is 18.2 Å². The Balaban J connectivity index is 1.90. The van der Waals surface area contributed by atoms with Gasteiger partial charge in [-0.3, -0.25) is 0 Å². The number of fused-ring (bicyclic) bond motifs is 1. The third-order valence-electron chi connectivity index (χ3n) is 3.80. The van der Waals surface area contributed by atoms with Gasteiger partial charge in [-0.2, -0.15) is 0 Å². The van der Waals surface area contributed by atoms with Gasteiger partial charge in [-0.1, -0.05) is 29.3 Å². The summed E-state index contributed by atoms with van der Waals surface area (Å²) in [4.78, 5) is 0. The minimum atomic E-state index is 0.227. The Morgan fingerprint density at radius 1 is 1.19 bits per heavy atom. The van der Waals surface area contributed by atoms with Gasteiger partial charge < -0.3 is 10.1 Å². The molecule has 0 amide bonds. The second kappa shape index (κ2) is 6.07. The zero-order valence-corrected chi connectivity index (χ0v) is 14.5. The smallest absolute Gasteiger partial charge is 0.119 e. The molecule has 0 bridgehead atoms. The second-order valence-electron chi connectivity index (χ2n) is 5.02. The van der Waals surface area contributed by atoms with E-state index < -0.39 is 0 Å². The molecular weight excluding hydrogens is 373 g/mol. The first-order valence-electron chi connectivity index (χ1n) is 6.67. The lowest BCUT2D eigenvalue weighted by Crippen LogP contribution is -2.07. The highest BCUT2D eigenvalue weighted by Crippen LogP contribution is 2.40. The summed E-state index contributed by atoms with van der Waals surface area (Å²) < 4.78 is 6.11. The van der Waals surface area contributed by atoms with Crippen LogP contribution >= 0.6 is 39.1 Å². The van der Waals surface area contributed by atoms with Crippen LogP contribution < -0.4 is 10.1 Å². The van der Waals surface area contributed by atoms with Crippen molar-refractivity contribution < 1.29 is 4.74 Å². The topological polar surface area (TPSA) is 21.3 Å². The number of methoxy groups -OCH3 is 1. The summed E-state index contributed by atoms with van der Waals surface area (Å²) in [5.41, 5.74) is 3.47. The number of aryl methyl sites for hydroxylation is 1. The predicted octanol–water partition coefficient (Wildman–Crippen LogP) is 5.86. The molecule has 0 spiro atoms. The minimum Gasteiger partial charge on any atom is -0.497 e. The fourth-order valence-corrected chi connectivity index (χ4v) is 3.51. The third kappa shape index (κ3) is 2.87. The molecule has 0 heterocycles. The summed E-state index contributed by atoms with van der Waals surface area (Å²) in [5, 5.41) is 4.57. The van der Waals surface area contributed by atoms with Crippen LogP contribution in [0.4, 0.5) is 5.69 Å². The summed E-state index contributed by atoms with van der Waals surface area (Å²) in [5.74, 6) is 0.877. The van der Waals surface area contributed by atoms with Gasteiger partial charge in [0.2, 0.25) is 0 Å². The van der Waals surface area contributed by atoms with E-state index in [-0.39, 0.29) is 6.04 Å². The Kier molecular flexibility index (Phi) is 4.34. The van der Waals surface area contributed by atoms with Gasteiger partial charge in [0.1, 0.15) is 5.75 Å². The van der Waals surface area contributed by atoms with E-state index in [4.69, 9.17) is 27.9 Å². The first kappa shape index (κ1) is 15.0. The molecule has 5 heteroatoms. The molecule has 1 aliphatic rings. The number of hydrogen-bond donors (Lipinski definition) is 1. The van der Waals surface area contributed by atoms with Crippen molar-refractivity contribution in [1.29, 1.82) is 0 Å². The van der Waals surface area contributed by atoms with Gasteiger partial charge in [0, 0.05) is 4.47 Å². The first-order valence-corrected chi connectivity index (χ1v) is 8.22. The van der Waals surface area contributed by atoms with Gasteiger partial charge in [-0.15, -0.1) is 0 Å². The van der Waals surface area contributed by atoms with Crippen molar-refractivity contribution in [2.45, 2.75) is 18.9 Å². The van der Waals surface area contributed by atoms with Crippen LogP contribution in [-0.2, 0) is 6.42 Å². The van der Waals surface area contributed by atoms with Crippen molar-refractivity contribution in [3.8, 4) is 5.75 Å². The molecule has 0 saturated carbocycles. The van der Waals surface area contributed by atoms with Crippen molar-refractivity contribution in [2.24, 2.45) is 0 Å². The average molecular weight is 387 g/mol. The average Bonchev–Trinajstić information content (AvgIpc) is 2.90. The number of rotatable bonds is 3. The molecule has 2 nitrogen and oxygen atoms in total. The molecule has 0 radical (unpaired) electrons. The van der Waals surface area contributed by atoms with Crippen LogP contribution in [0.2, 0.25) is 10.0 Å². The molecule has 21 heavy (non-hydrogen) atoms. The van der Waals surface area contributed by atoms with Crippen LogP contribution in [0.5, 0.6) is 5.75 Å². The van der Waals surface area contributed by atoms with Gasteiger partial charge >= 0.3 is 0 Å². The van der Waals surface area contributed by atoms with Crippen LogP contribution in [0, 0.1) is 0 Å². The van der Waals surface area contributed by atoms with Crippen molar-refractivity contribution in [2.75, 3.05) is 12.4 Å². The van der Waals surface area contributed by atoms with Gasteiger partial charge in [0.05, 0.1) is 28.9 Å². The van der Waals surface area contributed by atoms with Gasteiger partial charge in [0.15, 0.2) is 0 Å². The van der Waals surface area contributed by atoms with Crippen molar-refractivity contribution in [3.05, 3.63) is 56.0 Å². The molecule has 0 saturated heterocycles. The number of ether oxygens (including phenoxy) is 1. The Labute approximate surface area is 142 Å². The molecule has 1 atom stereocenters. The standard InChI is InChI=1S/C16H14BrCl2NO/c1-21-10-4-2-9-3-6-13(11(9)8-10)20-14-7-5-12(17)15(18)16(14)19/h2,4-5,7-8,13,20H,3,6H2,1H3. The largest absolute Gasteiger partial charge is 0.497 e. The summed E-state index contributed by atoms with van der Waals surface area (Å²) >= 11 is 15.9. The zero-order chi connectivity index (χ0) is 15.0. The molecule has 110 valence electrons. The molecule has 3 rings (SSSR count). The van der Waals surface area contributed by atoms with Gasteiger partial charge in [-0.05, 0) is 64.2 Å². The lowest BCUT2D eigenvalue weighted by atomic mass is 10.1. The third-order valence-corrected chi connectivity index (χ3v) is 5.57. The second-order valence-corrected chi connectivity index (χ2v) is 6.63. The predicted molar refractivity (Wildman–Crippen MR) is 91.8 cm³/mol. The van der Waals surface area contributed by atoms with Gasteiger partial charge in [-0.25, -0.2) is 0 Å². The number of benzene rings is 2. The first-order chi connectivity index (χ1) is 10.1. The molecule has 0 fully saturated rings. The van der Waals surface area contributed by atoms with Crippen LogP contribution in [0.3, 0.4) is 0 Å². The van der Waals surface area contributed by atoms with Crippen molar-refractivity contribution >= 4 is 44.8 Å². The lowest BCUT2D eigenvalue weighted by molar-refractivity contribution is 0.414. The number of nitrogens with one attached hydrogen (secondary N) is 1. The maximum Gasteiger partial charge on any atom is 0.119 e. The molecule has 2 aromatic carbocycles. The quantitative estimate of drug-likeness (QED) is 0.666. The summed E-state index contributed by atoms with van der Waals surface area (Å²) in [7, 11) is 1.68. The van der Waals surface area contributed by atoms with Crippen LogP contribution in [-0.4, -0.2) is 7.11 Å². The van der Waals surface area contributed by atoms with Crippen molar-refractivity contribution in [3.63, 3.8) is 0 Å². The molecule has 0 aliphatic heterocycles. The van der Waals surface area contributed by atoms with Gasteiger partial charge in [0.25, 0.3) is 0 Å². The maximum atomic E-state index is 6.31. The zero-order valence-electron chi connectivity index (χ0n) is 11.4.